The van der Waals surface area contributed by atoms with Crippen molar-refractivity contribution < 1.29 is 14.0 Å². The molecule has 6 nitrogen and oxygen atoms in total. The fourth-order valence-corrected chi connectivity index (χ4v) is 1.68. The van der Waals surface area contributed by atoms with Crippen molar-refractivity contribution in [3.8, 4) is 22.9 Å². The third-order valence-corrected chi connectivity index (χ3v) is 2.70. The van der Waals surface area contributed by atoms with Crippen molar-refractivity contribution in [2.75, 3.05) is 27.8 Å². The largest absolute Gasteiger partial charge is 0.493 e. The minimum Gasteiger partial charge on any atom is -0.493 e. The van der Waals surface area contributed by atoms with Crippen LogP contribution in [0.3, 0.4) is 0 Å². The normalized spacial score (nSPS) is 10.5. The second-order valence-corrected chi connectivity index (χ2v) is 3.94. The highest BCUT2D eigenvalue weighted by atomic mass is 16.5. The Labute approximate surface area is 111 Å². The number of likely N-dealkylation sites (N-methyl/N-ethyl adjacent to an activating group) is 1. The molecule has 1 aromatic carbocycles. The van der Waals surface area contributed by atoms with E-state index in [0.717, 1.165) is 12.1 Å². The molecule has 0 aliphatic carbocycles. The van der Waals surface area contributed by atoms with Crippen molar-refractivity contribution in [3.05, 3.63) is 24.1 Å². The number of ether oxygens (including phenoxy) is 2. The van der Waals surface area contributed by atoms with Gasteiger partial charge in [0.25, 0.3) is 0 Å². The molecule has 0 unspecified atom stereocenters. The third kappa shape index (κ3) is 3.03. The quantitative estimate of drug-likeness (QED) is 0.852. The number of benzene rings is 1. The minimum absolute atomic E-state index is 0.548. The van der Waals surface area contributed by atoms with Gasteiger partial charge in [-0.05, 0) is 25.2 Å². The van der Waals surface area contributed by atoms with Crippen molar-refractivity contribution in [1.29, 1.82) is 0 Å². The van der Waals surface area contributed by atoms with Gasteiger partial charge in [0.15, 0.2) is 11.5 Å². The van der Waals surface area contributed by atoms with Crippen LogP contribution in [0.5, 0.6) is 11.5 Å². The summed E-state index contributed by atoms with van der Waals surface area (Å²) in [5, 5.41) is 6.99. The lowest BCUT2D eigenvalue weighted by atomic mass is 10.2. The van der Waals surface area contributed by atoms with Gasteiger partial charge in [0.1, 0.15) is 0 Å². The second-order valence-electron chi connectivity index (χ2n) is 3.94. The predicted molar refractivity (Wildman–Crippen MR) is 70.5 cm³/mol. The molecular weight excluding hydrogens is 246 g/mol. The Morgan fingerprint density at radius 2 is 2.00 bits per heavy atom. The zero-order valence-electron chi connectivity index (χ0n) is 11.3. The number of aromatic nitrogens is 2. The van der Waals surface area contributed by atoms with E-state index in [1.165, 1.54) is 0 Å². The Bertz CT molecular complexity index is 540. The molecule has 0 amide bonds. The standard InChI is InChI=1S/C13H17N3O3/c1-14-7-6-12-15-13(16-19-12)9-4-5-10(17-2)11(8-9)18-3/h4-5,8,14H,6-7H2,1-3H3. The van der Waals surface area contributed by atoms with Crippen LogP contribution in [0, 0.1) is 0 Å². The Hall–Kier alpha value is -2.08. The first-order valence-corrected chi connectivity index (χ1v) is 5.98. The number of rotatable bonds is 6. The van der Waals surface area contributed by atoms with Crippen LogP contribution in [0.25, 0.3) is 11.4 Å². The maximum atomic E-state index is 5.25. The van der Waals surface area contributed by atoms with Crippen LogP contribution >= 0.6 is 0 Å². The monoisotopic (exact) mass is 263 g/mol. The van der Waals surface area contributed by atoms with Crippen LogP contribution in [0.15, 0.2) is 22.7 Å². The predicted octanol–water partition coefficient (Wildman–Crippen LogP) is 1.52. The summed E-state index contributed by atoms with van der Waals surface area (Å²) in [6.07, 6.45) is 0.705. The molecule has 1 aromatic heterocycles. The second kappa shape index (κ2) is 6.19. The number of hydrogen-bond donors (Lipinski definition) is 1. The number of nitrogens with one attached hydrogen (secondary N) is 1. The first kappa shape index (κ1) is 13.4. The third-order valence-electron chi connectivity index (χ3n) is 2.70. The van der Waals surface area contributed by atoms with Crippen LogP contribution in [0.1, 0.15) is 5.89 Å². The van der Waals surface area contributed by atoms with Gasteiger partial charge in [-0.1, -0.05) is 5.16 Å². The topological polar surface area (TPSA) is 69.4 Å². The van der Waals surface area contributed by atoms with E-state index < -0.39 is 0 Å². The summed E-state index contributed by atoms with van der Waals surface area (Å²) in [4.78, 5) is 4.33. The lowest BCUT2D eigenvalue weighted by molar-refractivity contribution is 0.355. The van der Waals surface area contributed by atoms with E-state index >= 15 is 0 Å². The molecule has 0 spiro atoms. The van der Waals surface area contributed by atoms with Gasteiger partial charge in [-0.15, -0.1) is 0 Å². The van der Waals surface area contributed by atoms with Crippen LogP contribution in [-0.2, 0) is 6.42 Å². The Balaban J connectivity index is 2.23. The van der Waals surface area contributed by atoms with Gasteiger partial charge in [-0.2, -0.15) is 4.98 Å². The summed E-state index contributed by atoms with van der Waals surface area (Å²) in [5.41, 5.74) is 0.831. The van der Waals surface area contributed by atoms with Crippen LogP contribution < -0.4 is 14.8 Å². The molecule has 1 heterocycles. The Morgan fingerprint density at radius 1 is 1.21 bits per heavy atom. The summed E-state index contributed by atoms with van der Waals surface area (Å²) >= 11 is 0. The molecule has 19 heavy (non-hydrogen) atoms. The summed E-state index contributed by atoms with van der Waals surface area (Å²) in [7, 11) is 5.07. The zero-order chi connectivity index (χ0) is 13.7. The lowest BCUT2D eigenvalue weighted by Gasteiger charge is -2.07. The zero-order valence-corrected chi connectivity index (χ0v) is 11.3. The highest BCUT2D eigenvalue weighted by molar-refractivity contribution is 5.60. The number of hydrogen-bond acceptors (Lipinski definition) is 6. The highest BCUT2D eigenvalue weighted by Crippen LogP contribution is 2.31. The SMILES string of the molecule is CNCCc1nc(-c2ccc(OC)c(OC)c2)no1. The van der Waals surface area contributed by atoms with E-state index in [9.17, 15) is 0 Å². The van der Waals surface area contributed by atoms with Crippen molar-refractivity contribution >= 4 is 0 Å². The summed E-state index contributed by atoms with van der Waals surface area (Å²) in [5.74, 6) is 2.47. The van der Waals surface area contributed by atoms with Crippen LogP contribution in [0.2, 0.25) is 0 Å². The lowest BCUT2D eigenvalue weighted by Crippen LogP contribution is -2.10. The molecule has 2 rings (SSSR count). The molecule has 0 fully saturated rings. The molecule has 0 saturated carbocycles. The first-order chi connectivity index (χ1) is 9.28. The molecule has 0 atom stereocenters. The van der Waals surface area contributed by atoms with Crippen molar-refractivity contribution in [2.45, 2.75) is 6.42 Å². The van der Waals surface area contributed by atoms with E-state index in [0.29, 0.717) is 29.6 Å². The van der Waals surface area contributed by atoms with Crippen molar-refractivity contribution in [3.63, 3.8) is 0 Å². The van der Waals surface area contributed by atoms with E-state index in [2.05, 4.69) is 15.5 Å². The van der Waals surface area contributed by atoms with Crippen LogP contribution in [-0.4, -0.2) is 38.0 Å². The van der Waals surface area contributed by atoms with Gasteiger partial charge >= 0.3 is 0 Å². The van der Waals surface area contributed by atoms with Gasteiger partial charge in [0.2, 0.25) is 11.7 Å². The van der Waals surface area contributed by atoms with E-state index in [1.54, 1.807) is 14.2 Å². The molecule has 0 saturated heterocycles. The summed E-state index contributed by atoms with van der Waals surface area (Å²) in [6, 6.07) is 5.51. The average molecular weight is 263 g/mol. The maximum absolute atomic E-state index is 5.25. The van der Waals surface area contributed by atoms with Crippen LogP contribution in [0.4, 0.5) is 0 Å². The molecule has 6 heteroatoms. The van der Waals surface area contributed by atoms with E-state index in [4.69, 9.17) is 14.0 Å². The highest BCUT2D eigenvalue weighted by Gasteiger charge is 2.11. The molecule has 0 aliphatic heterocycles. The molecule has 102 valence electrons. The first-order valence-electron chi connectivity index (χ1n) is 5.98. The fraction of sp³-hybridized carbons (Fsp3) is 0.385. The maximum Gasteiger partial charge on any atom is 0.228 e. The smallest absolute Gasteiger partial charge is 0.228 e. The molecule has 2 aromatic rings. The molecule has 0 bridgehead atoms. The molecule has 1 N–H and O–H groups in total. The van der Waals surface area contributed by atoms with E-state index in [1.807, 2.05) is 25.2 Å². The van der Waals surface area contributed by atoms with Gasteiger partial charge in [-0.3, -0.25) is 0 Å². The van der Waals surface area contributed by atoms with Gasteiger partial charge < -0.3 is 19.3 Å². The van der Waals surface area contributed by atoms with E-state index in [-0.39, 0.29) is 0 Å². The molecule has 0 radical (unpaired) electrons. The molecule has 0 aliphatic rings. The summed E-state index contributed by atoms with van der Waals surface area (Å²) < 4.78 is 15.6. The fourth-order valence-electron chi connectivity index (χ4n) is 1.68. The Kier molecular flexibility index (Phi) is 4.35. The summed E-state index contributed by atoms with van der Waals surface area (Å²) in [6.45, 7) is 0.799. The Morgan fingerprint density at radius 3 is 2.68 bits per heavy atom. The average Bonchev–Trinajstić information content (AvgIpc) is 2.93. The number of methoxy groups -OCH3 is 2. The van der Waals surface area contributed by atoms with Crippen molar-refractivity contribution in [1.82, 2.24) is 15.5 Å². The van der Waals surface area contributed by atoms with Gasteiger partial charge in [0.05, 0.1) is 14.2 Å². The van der Waals surface area contributed by atoms with Gasteiger partial charge in [0, 0.05) is 18.5 Å². The van der Waals surface area contributed by atoms with Crippen molar-refractivity contribution in [2.24, 2.45) is 0 Å². The van der Waals surface area contributed by atoms with Gasteiger partial charge in [-0.25, -0.2) is 0 Å². The molecular formula is C13H17N3O3. The number of nitrogens with zero attached hydrogens (tertiary/aromatic N) is 2. The minimum atomic E-state index is 0.548.